The number of hydrogen-bond donors (Lipinski definition) is 2. The van der Waals surface area contributed by atoms with Crippen molar-refractivity contribution >= 4 is 23.4 Å². The fourth-order valence-electron chi connectivity index (χ4n) is 2.91. The van der Waals surface area contributed by atoms with Gasteiger partial charge in [-0.1, -0.05) is 49.0 Å². The highest BCUT2D eigenvalue weighted by molar-refractivity contribution is 8.00. The molecule has 1 unspecified atom stereocenters. The highest BCUT2D eigenvalue weighted by atomic mass is 32.2. The minimum absolute atomic E-state index is 0.101. The van der Waals surface area contributed by atoms with E-state index in [2.05, 4.69) is 15.3 Å². The molecule has 0 bridgehead atoms. The number of nitrogens with zero attached hydrogens (tertiary/aromatic N) is 1. The zero-order chi connectivity index (χ0) is 21.7. The van der Waals surface area contributed by atoms with Crippen molar-refractivity contribution in [3.05, 3.63) is 87.3 Å². The summed E-state index contributed by atoms with van der Waals surface area (Å²) in [6.45, 7) is 3.56. The van der Waals surface area contributed by atoms with Crippen LogP contribution in [0.4, 0.5) is 14.5 Å². The molecule has 0 saturated heterocycles. The van der Waals surface area contributed by atoms with E-state index in [9.17, 15) is 18.4 Å². The summed E-state index contributed by atoms with van der Waals surface area (Å²) in [5.41, 5.74) is 1.80. The standard InChI is InChI=1S/C22H21F2N3O2S/c1-3-19(21(29)26-18-10-9-15(23)12-17(18)24)30-22-25-13(2)16(20(28)27-22)11-14-7-5-4-6-8-14/h4-10,12,19H,3,11H2,1-2H3,(H,26,29)(H,25,27,28). The van der Waals surface area contributed by atoms with Crippen LogP contribution in [0.2, 0.25) is 0 Å². The summed E-state index contributed by atoms with van der Waals surface area (Å²) < 4.78 is 26.9. The number of carbonyl (C=O) groups is 1. The van der Waals surface area contributed by atoms with Crippen molar-refractivity contribution in [1.82, 2.24) is 9.97 Å². The van der Waals surface area contributed by atoms with Gasteiger partial charge in [0.05, 0.1) is 10.9 Å². The highest BCUT2D eigenvalue weighted by Gasteiger charge is 2.21. The lowest BCUT2D eigenvalue weighted by molar-refractivity contribution is -0.115. The van der Waals surface area contributed by atoms with E-state index in [-0.39, 0.29) is 11.2 Å². The quantitative estimate of drug-likeness (QED) is 0.430. The van der Waals surface area contributed by atoms with Crippen LogP contribution in [0, 0.1) is 18.6 Å². The summed E-state index contributed by atoms with van der Waals surface area (Å²) in [6, 6.07) is 12.5. The molecule has 0 aliphatic rings. The van der Waals surface area contributed by atoms with Crippen molar-refractivity contribution in [2.24, 2.45) is 0 Å². The highest BCUT2D eigenvalue weighted by Crippen LogP contribution is 2.24. The van der Waals surface area contributed by atoms with Crippen molar-refractivity contribution in [2.45, 2.75) is 37.1 Å². The molecule has 0 saturated carbocycles. The molecule has 1 heterocycles. The van der Waals surface area contributed by atoms with Crippen LogP contribution in [-0.4, -0.2) is 21.1 Å². The Bertz CT molecular complexity index is 1100. The fourth-order valence-corrected chi connectivity index (χ4v) is 3.85. The molecular weight excluding hydrogens is 408 g/mol. The smallest absolute Gasteiger partial charge is 0.255 e. The van der Waals surface area contributed by atoms with E-state index < -0.39 is 22.8 Å². The number of hydrogen-bond acceptors (Lipinski definition) is 4. The van der Waals surface area contributed by atoms with Gasteiger partial charge in [-0.25, -0.2) is 13.8 Å². The Kier molecular flexibility index (Phi) is 6.99. The normalized spacial score (nSPS) is 11.9. The lowest BCUT2D eigenvalue weighted by Crippen LogP contribution is -2.26. The number of anilines is 1. The first-order valence-corrected chi connectivity index (χ1v) is 10.3. The number of amides is 1. The van der Waals surface area contributed by atoms with E-state index in [1.54, 1.807) is 13.8 Å². The Balaban J connectivity index is 1.75. The van der Waals surface area contributed by atoms with Gasteiger partial charge in [-0.05, 0) is 31.0 Å². The molecule has 3 rings (SSSR count). The average molecular weight is 429 g/mol. The lowest BCUT2D eigenvalue weighted by Gasteiger charge is -2.15. The van der Waals surface area contributed by atoms with Gasteiger partial charge in [0.1, 0.15) is 11.6 Å². The summed E-state index contributed by atoms with van der Waals surface area (Å²) in [4.78, 5) is 32.3. The number of H-pyrrole nitrogens is 1. The lowest BCUT2D eigenvalue weighted by atomic mass is 10.1. The molecule has 2 aromatic carbocycles. The number of thioether (sulfide) groups is 1. The van der Waals surface area contributed by atoms with Gasteiger partial charge in [0, 0.05) is 23.7 Å². The first-order valence-electron chi connectivity index (χ1n) is 9.43. The van der Waals surface area contributed by atoms with Gasteiger partial charge in [-0.2, -0.15) is 0 Å². The predicted molar refractivity (Wildman–Crippen MR) is 114 cm³/mol. The van der Waals surface area contributed by atoms with E-state index in [1.165, 1.54) is 6.07 Å². The van der Waals surface area contributed by atoms with Crippen LogP contribution in [0.15, 0.2) is 58.5 Å². The summed E-state index contributed by atoms with van der Waals surface area (Å²) in [6.07, 6.45) is 0.884. The number of aromatic nitrogens is 2. The van der Waals surface area contributed by atoms with E-state index in [4.69, 9.17) is 0 Å². The number of aryl methyl sites for hydroxylation is 1. The van der Waals surface area contributed by atoms with E-state index >= 15 is 0 Å². The molecule has 8 heteroatoms. The first kappa shape index (κ1) is 21.7. The topological polar surface area (TPSA) is 74.8 Å². The summed E-state index contributed by atoms with van der Waals surface area (Å²) in [5.74, 6) is -2.03. The third-order valence-corrected chi connectivity index (χ3v) is 5.78. The minimum atomic E-state index is -0.851. The van der Waals surface area contributed by atoms with Gasteiger partial charge >= 0.3 is 0 Å². The van der Waals surface area contributed by atoms with Crippen molar-refractivity contribution in [3.8, 4) is 0 Å². The maximum atomic E-state index is 13.8. The summed E-state index contributed by atoms with van der Waals surface area (Å²) in [7, 11) is 0. The molecular formula is C22H21F2N3O2S. The van der Waals surface area contributed by atoms with Crippen LogP contribution in [0.5, 0.6) is 0 Å². The number of carbonyl (C=O) groups excluding carboxylic acids is 1. The molecule has 3 aromatic rings. The van der Waals surface area contributed by atoms with Crippen molar-refractivity contribution in [2.75, 3.05) is 5.32 Å². The maximum Gasteiger partial charge on any atom is 0.255 e. The average Bonchev–Trinajstić information content (AvgIpc) is 2.71. The van der Waals surface area contributed by atoms with Crippen LogP contribution in [0.3, 0.4) is 0 Å². The molecule has 0 aliphatic heterocycles. The zero-order valence-electron chi connectivity index (χ0n) is 16.5. The SMILES string of the molecule is CCC(Sc1nc(C)c(Cc2ccccc2)c(=O)[nH]1)C(=O)Nc1ccc(F)cc1F. The van der Waals surface area contributed by atoms with E-state index in [1.807, 2.05) is 30.3 Å². The second kappa shape index (κ2) is 9.67. The van der Waals surface area contributed by atoms with Gasteiger partial charge in [0.2, 0.25) is 5.91 Å². The molecule has 1 aromatic heterocycles. The fraction of sp³-hybridized carbons (Fsp3) is 0.227. The Morgan fingerprint density at radius 1 is 1.20 bits per heavy atom. The van der Waals surface area contributed by atoms with Gasteiger partial charge < -0.3 is 10.3 Å². The van der Waals surface area contributed by atoms with Crippen LogP contribution in [-0.2, 0) is 11.2 Å². The molecule has 0 spiro atoms. The Morgan fingerprint density at radius 2 is 1.93 bits per heavy atom. The predicted octanol–water partition coefficient (Wildman–Crippen LogP) is 4.46. The zero-order valence-corrected chi connectivity index (χ0v) is 17.4. The second-order valence-electron chi connectivity index (χ2n) is 6.73. The van der Waals surface area contributed by atoms with Gasteiger partial charge in [0.25, 0.3) is 5.56 Å². The molecule has 2 N–H and O–H groups in total. The largest absolute Gasteiger partial charge is 0.323 e. The van der Waals surface area contributed by atoms with Crippen molar-refractivity contribution < 1.29 is 13.6 Å². The Labute approximate surface area is 177 Å². The Hall–Kier alpha value is -3.00. The number of halogens is 2. The molecule has 156 valence electrons. The van der Waals surface area contributed by atoms with Gasteiger partial charge in [-0.15, -0.1) is 0 Å². The molecule has 0 radical (unpaired) electrons. The molecule has 30 heavy (non-hydrogen) atoms. The summed E-state index contributed by atoms with van der Waals surface area (Å²) >= 11 is 1.09. The molecule has 1 atom stereocenters. The van der Waals surface area contributed by atoms with Gasteiger partial charge in [-0.3, -0.25) is 9.59 Å². The number of rotatable bonds is 7. The third-order valence-electron chi connectivity index (χ3n) is 4.53. The summed E-state index contributed by atoms with van der Waals surface area (Å²) in [5, 5.41) is 2.16. The third kappa shape index (κ3) is 5.33. The van der Waals surface area contributed by atoms with E-state index in [0.29, 0.717) is 35.3 Å². The van der Waals surface area contributed by atoms with Crippen LogP contribution in [0.25, 0.3) is 0 Å². The monoisotopic (exact) mass is 429 g/mol. The maximum absolute atomic E-state index is 13.8. The van der Waals surface area contributed by atoms with E-state index in [0.717, 1.165) is 23.4 Å². The van der Waals surface area contributed by atoms with Crippen molar-refractivity contribution in [1.29, 1.82) is 0 Å². The van der Waals surface area contributed by atoms with Crippen LogP contribution >= 0.6 is 11.8 Å². The van der Waals surface area contributed by atoms with Gasteiger partial charge in [0.15, 0.2) is 5.16 Å². The first-order chi connectivity index (χ1) is 14.4. The molecule has 5 nitrogen and oxygen atoms in total. The number of nitrogens with one attached hydrogen (secondary N) is 2. The molecule has 1 amide bonds. The van der Waals surface area contributed by atoms with Crippen molar-refractivity contribution in [3.63, 3.8) is 0 Å². The molecule has 0 aliphatic carbocycles. The number of aromatic amines is 1. The Morgan fingerprint density at radius 3 is 2.57 bits per heavy atom. The van der Waals surface area contributed by atoms with Crippen LogP contribution < -0.4 is 10.9 Å². The van der Waals surface area contributed by atoms with Crippen LogP contribution in [0.1, 0.15) is 30.2 Å². The second-order valence-corrected chi connectivity index (χ2v) is 7.92. The number of benzene rings is 2. The minimum Gasteiger partial charge on any atom is -0.323 e. The molecule has 0 fully saturated rings.